The van der Waals surface area contributed by atoms with Crippen LogP contribution in [0.5, 0.6) is 5.75 Å². The maximum absolute atomic E-state index is 9.74. The highest BCUT2D eigenvalue weighted by Crippen LogP contribution is 2.41. The number of aromatic amines is 1. The molecule has 4 rings (SSSR count). The van der Waals surface area contributed by atoms with Gasteiger partial charge in [-0.3, -0.25) is 0 Å². The summed E-state index contributed by atoms with van der Waals surface area (Å²) in [6.07, 6.45) is 5.37. The highest BCUT2D eigenvalue weighted by molar-refractivity contribution is 5.92. The van der Waals surface area contributed by atoms with Gasteiger partial charge >= 0.3 is 0 Å². The SMILES string of the molecule is C=C1CC2c3[nH]c4ccc(O)cc4c3C=CN(C1)C2C. The highest BCUT2D eigenvalue weighted by atomic mass is 16.3. The van der Waals surface area contributed by atoms with E-state index in [2.05, 4.69) is 35.7 Å². The molecule has 2 aliphatic heterocycles. The van der Waals surface area contributed by atoms with E-state index < -0.39 is 0 Å². The second-order valence-electron chi connectivity index (χ2n) is 5.97. The molecule has 0 saturated carbocycles. The molecule has 3 heteroatoms. The van der Waals surface area contributed by atoms with Crippen molar-refractivity contribution in [1.29, 1.82) is 0 Å². The molecule has 1 saturated heterocycles. The lowest BCUT2D eigenvalue weighted by molar-refractivity contribution is 0.240. The standard InChI is InChI=1S/C17H18N2O/c1-10-7-14-11(2)19(9-10)6-5-13-15-8-12(20)3-4-16(15)18-17(13)14/h3-6,8,11,14,18,20H,1,7,9H2,2H3. The molecule has 2 bridgehead atoms. The summed E-state index contributed by atoms with van der Waals surface area (Å²) in [5.74, 6) is 0.758. The molecule has 1 aromatic carbocycles. The van der Waals surface area contributed by atoms with Crippen molar-refractivity contribution in [1.82, 2.24) is 9.88 Å². The highest BCUT2D eigenvalue weighted by Gasteiger charge is 2.33. The lowest BCUT2D eigenvalue weighted by Gasteiger charge is -2.38. The Morgan fingerprint density at radius 3 is 3.10 bits per heavy atom. The minimum absolute atomic E-state index is 0.317. The third kappa shape index (κ3) is 1.52. The number of phenolic OH excluding ortho intramolecular Hbond substituents is 1. The minimum Gasteiger partial charge on any atom is -0.508 e. The van der Waals surface area contributed by atoms with Crippen LogP contribution in [0.2, 0.25) is 0 Å². The van der Waals surface area contributed by atoms with Gasteiger partial charge in [-0.25, -0.2) is 0 Å². The quantitative estimate of drug-likeness (QED) is 0.715. The predicted molar refractivity (Wildman–Crippen MR) is 81.7 cm³/mol. The number of hydrogen-bond donors (Lipinski definition) is 2. The van der Waals surface area contributed by atoms with Crippen molar-refractivity contribution < 1.29 is 5.11 Å². The van der Waals surface area contributed by atoms with Crippen LogP contribution < -0.4 is 0 Å². The third-order valence-electron chi connectivity index (χ3n) is 4.68. The Labute approximate surface area is 118 Å². The van der Waals surface area contributed by atoms with Gasteiger partial charge in [0.2, 0.25) is 0 Å². The Hall–Kier alpha value is -2.16. The first kappa shape index (κ1) is 11.6. The summed E-state index contributed by atoms with van der Waals surface area (Å²) in [5.41, 5.74) is 4.86. The maximum Gasteiger partial charge on any atom is 0.116 e. The first-order chi connectivity index (χ1) is 9.63. The average molecular weight is 266 g/mol. The summed E-state index contributed by atoms with van der Waals surface area (Å²) in [4.78, 5) is 5.92. The number of rotatable bonds is 0. The normalized spacial score (nSPS) is 24.9. The molecule has 2 N–H and O–H groups in total. The van der Waals surface area contributed by atoms with Crippen molar-refractivity contribution >= 4 is 17.0 Å². The van der Waals surface area contributed by atoms with Gasteiger partial charge in [0.05, 0.1) is 0 Å². The van der Waals surface area contributed by atoms with E-state index in [0.717, 1.165) is 23.9 Å². The van der Waals surface area contributed by atoms with E-state index in [0.29, 0.717) is 17.7 Å². The molecule has 20 heavy (non-hydrogen) atoms. The average Bonchev–Trinajstić information content (AvgIpc) is 2.74. The Bertz CT molecular complexity index is 741. The summed E-state index contributed by atoms with van der Waals surface area (Å²) in [6.45, 7) is 7.41. The van der Waals surface area contributed by atoms with Gasteiger partial charge in [-0.15, -0.1) is 0 Å². The summed E-state index contributed by atoms with van der Waals surface area (Å²) >= 11 is 0. The van der Waals surface area contributed by atoms with Crippen LogP contribution in [0.3, 0.4) is 0 Å². The zero-order valence-electron chi connectivity index (χ0n) is 11.6. The fourth-order valence-corrected chi connectivity index (χ4v) is 3.58. The van der Waals surface area contributed by atoms with Crippen molar-refractivity contribution in [3.63, 3.8) is 0 Å². The van der Waals surface area contributed by atoms with Crippen molar-refractivity contribution in [3.05, 3.63) is 47.8 Å². The summed E-state index contributed by atoms with van der Waals surface area (Å²) in [5, 5.41) is 10.8. The molecule has 2 aromatic rings. The Morgan fingerprint density at radius 2 is 2.25 bits per heavy atom. The first-order valence-corrected chi connectivity index (χ1v) is 7.08. The van der Waals surface area contributed by atoms with Gasteiger partial charge in [-0.05, 0) is 37.6 Å². The number of hydrogen-bond acceptors (Lipinski definition) is 2. The lowest BCUT2D eigenvalue weighted by Crippen LogP contribution is -2.39. The van der Waals surface area contributed by atoms with Gasteiger partial charge in [0.15, 0.2) is 0 Å². The zero-order chi connectivity index (χ0) is 13.9. The molecule has 2 unspecified atom stereocenters. The van der Waals surface area contributed by atoms with Crippen LogP contribution in [0.15, 0.2) is 36.6 Å². The van der Waals surface area contributed by atoms with E-state index in [1.807, 2.05) is 12.1 Å². The molecule has 2 atom stereocenters. The van der Waals surface area contributed by atoms with Crippen molar-refractivity contribution in [2.75, 3.05) is 6.54 Å². The van der Waals surface area contributed by atoms with Gasteiger partial charge in [0, 0.05) is 46.9 Å². The molecule has 0 amide bonds. The number of benzene rings is 1. The topological polar surface area (TPSA) is 39.3 Å². The lowest BCUT2D eigenvalue weighted by atomic mass is 9.85. The molecule has 0 radical (unpaired) electrons. The molecule has 102 valence electrons. The molecule has 1 aromatic heterocycles. The molecule has 0 spiro atoms. The van der Waals surface area contributed by atoms with Crippen molar-refractivity contribution in [2.45, 2.75) is 25.3 Å². The second kappa shape index (κ2) is 3.92. The minimum atomic E-state index is 0.317. The number of nitrogens with one attached hydrogen (secondary N) is 1. The summed E-state index contributed by atoms with van der Waals surface area (Å²) in [6, 6.07) is 6.00. The van der Waals surface area contributed by atoms with E-state index >= 15 is 0 Å². The number of fused-ring (bicyclic) bond motifs is 6. The molecule has 2 aliphatic rings. The number of aromatic hydroxyl groups is 1. The van der Waals surface area contributed by atoms with E-state index in [9.17, 15) is 5.11 Å². The molecular formula is C17H18N2O. The van der Waals surface area contributed by atoms with Crippen LogP contribution >= 0.6 is 0 Å². The van der Waals surface area contributed by atoms with Crippen LogP contribution in [0.25, 0.3) is 17.0 Å². The van der Waals surface area contributed by atoms with Crippen LogP contribution in [0.4, 0.5) is 0 Å². The van der Waals surface area contributed by atoms with E-state index in [-0.39, 0.29) is 0 Å². The number of nitrogens with zero attached hydrogens (tertiary/aromatic N) is 1. The smallest absolute Gasteiger partial charge is 0.116 e. The van der Waals surface area contributed by atoms with Gasteiger partial charge in [-0.1, -0.05) is 12.2 Å². The van der Waals surface area contributed by atoms with Gasteiger partial charge < -0.3 is 15.0 Å². The third-order valence-corrected chi connectivity index (χ3v) is 4.68. The fraction of sp³-hybridized carbons (Fsp3) is 0.294. The Morgan fingerprint density at radius 1 is 1.40 bits per heavy atom. The number of phenols is 1. The van der Waals surface area contributed by atoms with Crippen molar-refractivity contribution in [3.8, 4) is 5.75 Å². The Balaban J connectivity index is 1.99. The molecule has 3 nitrogen and oxygen atoms in total. The first-order valence-electron chi connectivity index (χ1n) is 7.08. The predicted octanol–water partition coefficient (Wildman–Crippen LogP) is 3.59. The maximum atomic E-state index is 9.74. The van der Waals surface area contributed by atoms with Crippen LogP contribution in [0.1, 0.15) is 30.5 Å². The second-order valence-corrected chi connectivity index (χ2v) is 5.97. The van der Waals surface area contributed by atoms with E-state index in [1.54, 1.807) is 6.07 Å². The van der Waals surface area contributed by atoms with Crippen LogP contribution in [-0.2, 0) is 0 Å². The van der Waals surface area contributed by atoms with Crippen molar-refractivity contribution in [2.24, 2.45) is 0 Å². The fourth-order valence-electron chi connectivity index (χ4n) is 3.58. The molecular weight excluding hydrogens is 248 g/mol. The zero-order valence-corrected chi connectivity index (χ0v) is 11.6. The largest absolute Gasteiger partial charge is 0.508 e. The molecule has 1 fully saturated rings. The number of H-pyrrole nitrogens is 1. The number of aromatic nitrogens is 1. The van der Waals surface area contributed by atoms with E-state index in [1.165, 1.54) is 16.8 Å². The summed E-state index contributed by atoms with van der Waals surface area (Å²) in [7, 11) is 0. The van der Waals surface area contributed by atoms with Crippen LogP contribution in [-0.4, -0.2) is 27.6 Å². The van der Waals surface area contributed by atoms with Gasteiger partial charge in [-0.2, -0.15) is 0 Å². The van der Waals surface area contributed by atoms with Crippen LogP contribution in [0, 0.1) is 0 Å². The van der Waals surface area contributed by atoms with E-state index in [4.69, 9.17) is 0 Å². The van der Waals surface area contributed by atoms with Gasteiger partial charge in [0.25, 0.3) is 0 Å². The molecule has 0 aliphatic carbocycles. The Kier molecular flexibility index (Phi) is 2.28. The summed E-state index contributed by atoms with van der Waals surface area (Å²) < 4.78 is 0. The number of piperidine rings is 1. The monoisotopic (exact) mass is 266 g/mol. The van der Waals surface area contributed by atoms with Gasteiger partial charge in [0.1, 0.15) is 5.75 Å². The molecule has 3 heterocycles.